The third kappa shape index (κ3) is 7.35. The molecular weight excluding hydrogens is 364 g/mol. The predicted molar refractivity (Wildman–Crippen MR) is 116 cm³/mol. The van der Waals surface area contributed by atoms with Gasteiger partial charge in [-0.25, -0.2) is 0 Å². The van der Waals surface area contributed by atoms with Gasteiger partial charge in [0.15, 0.2) is 5.78 Å². The summed E-state index contributed by atoms with van der Waals surface area (Å²) in [6.45, 7) is 7.80. The fraction of sp³-hybridized carbons (Fsp3) is 0.417. The Kier molecular flexibility index (Phi) is 8.87. The molecule has 3 N–H and O–H groups in total. The second-order valence-corrected chi connectivity index (χ2v) is 7.52. The Morgan fingerprint density at radius 3 is 2.38 bits per heavy atom. The maximum absolute atomic E-state index is 12.8. The molecule has 5 heteroatoms. The fourth-order valence-electron chi connectivity index (χ4n) is 3.10. The first-order chi connectivity index (χ1) is 13.9. The lowest BCUT2D eigenvalue weighted by molar-refractivity contribution is -0.121. The number of phenols is 1. The number of hydrogen-bond donors (Lipinski definition) is 3. The molecule has 0 spiro atoms. The molecule has 156 valence electrons. The first-order valence-corrected chi connectivity index (χ1v) is 10.3. The van der Waals surface area contributed by atoms with Crippen LogP contribution in [0.4, 0.5) is 0 Å². The van der Waals surface area contributed by atoms with Crippen LogP contribution in [0.5, 0.6) is 5.75 Å². The Morgan fingerprint density at radius 1 is 1.00 bits per heavy atom. The zero-order valence-corrected chi connectivity index (χ0v) is 17.6. The minimum absolute atomic E-state index is 0.0218. The third-order valence-corrected chi connectivity index (χ3v) is 5.04. The number of benzene rings is 2. The SMILES string of the molecule is CCCNCCCC(=O)C(Cc1ccc(O)cc1)NC(=O)c1ccc(C)c(C)c1. The topological polar surface area (TPSA) is 78.4 Å². The molecule has 0 bridgehead atoms. The molecule has 29 heavy (non-hydrogen) atoms. The molecule has 0 heterocycles. The van der Waals surface area contributed by atoms with E-state index < -0.39 is 6.04 Å². The standard InChI is InChI=1S/C24H32N2O3/c1-4-13-25-14-5-6-23(28)22(16-19-8-11-21(27)12-9-19)26-24(29)20-10-7-17(2)18(3)15-20/h7-12,15,22,25,27H,4-6,13-14,16H2,1-3H3,(H,26,29). The summed E-state index contributed by atoms with van der Waals surface area (Å²) < 4.78 is 0. The average Bonchev–Trinajstić information content (AvgIpc) is 2.70. The van der Waals surface area contributed by atoms with E-state index in [-0.39, 0.29) is 17.4 Å². The summed E-state index contributed by atoms with van der Waals surface area (Å²) in [6.07, 6.45) is 2.61. The fourth-order valence-corrected chi connectivity index (χ4v) is 3.10. The van der Waals surface area contributed by atoms with Crippen LogP contribution >= 0.6 is 0 Å². The molecule has 1 amide bonds. The summed E-state index contributed by atoms with van der Waals surface area (Å²) >= 11 is 0. The summed E-state index contributed by atoms with van der Waals surface area (Å²) in [7, 11) is 0. The highest BCUT2D eigenvalue weighted by Crippen LogP contribution is 2.14. The van der Waals surface area contributed by atoms with Crippen LogP contribution in [-0.2, 0) is 11.2 Å². The van der Waals surface area contributed by atoms with Crippen molar-refractivity contribution in [2.45, 2.75) is 52.5 Å². The van der Waals surface area contributed by atoms with Crippen molar-refractivity contribution in [2.24, 2.45) is 0 Å². The number of ketones is 1. The predicted octanol–water partition coefficient (Wildman–Crippen LogP) is 3.70. The quantitative estimate of drug-likeness (QED) is 0.506. The van der Waals surface area contributed by atoms with Gasteiger partial charge in [0.05, 0.1) is 6.04 Å². The Bertz CT molecular complexity index is 815. The molecule has 0 aliphatic heterocycles. The van der Waals surface area contributed by atoms with Crippen molar-refractivity contribution < 1.29 is 14.7 Å². The molecule has 0 saturated carbocycles. The van der Waals surface area contributed by atoms with E-state index in [1.807, 2.05) is 26.0 Å². The van der Waals surface area contributed by atoms with E-state index in [1.54, 1.807) is 30.3 Å². The Morgan fingerprint density at radius 2 is 1.72 bits per heavy atom. The number of amides is 1. The van der Waals surface area contributed by atoms with Gasteiger partial charge in [-0.2, -0.15) is 0 Å². The number of aryl methyl sites for hydroxylation is 2. The van der Waals surface area contributed by atoms with Gasteiger partial charge in [0, 0.05) is 12.0 Å². The smallest absolute Gasteiger partial charge is 0.251 e. The van der Waals surface area contributed by atoms with Gasteiger partial charge in [-0.3, -0.25) is 9.59 Å². The summed E-state index contributed by atoms with van der Waals surface area (Å²) in [6, 6.07) is 11.7. The minimum atomic E-state index is -0.597. The van der Waals surface area contributed by atoms with Gasteiger partial charge in [-0.05, 0) is 87.2 Å². The van der Waals surface area contributed by atoms with Crippen LogP contribution < -0.4 is 10.6 Å². The number of hydrogen-bond acceptors (Lipinski definition) is 4. The van der Waals surface area contributed by atoms with Crippen molar-refractivity contribution in [1.82, 2.24) is 10.6 Å². The van der Waals surface area contributed by atoms with Crippen molar-refractivity contribution in [3.63, 3.8) is 0 Å². The average molecular weight is 397 g/mol. The zero-order chi connectivity index (χ0) is 21.2. The molecule has 0 radical (unpaired) electrons. The van der Waals surface area contributed by atoms with Gasteiger partial charge in [-0.1, -0.05) is 25.1 Å². The van der Waals surface area contributed by atoms with E-state index >= 15 is 0 Å². The molecule has 2 aromatic carbocycles. The number of carbonyl (C=O) groups is 2. The lowest BCUT2D eigenvalue weighted by Crippen LogP contribution is -2.42. The monoisotopic (exact) mass is 396 g/mol. The number of Topliss-reactive ketones (excluding diaryl/α,β-unsaturated/α-hetero) is 1. The summed E-state index contributed by atoms with van der Waals surface area (Å²) in [5.74, 6) is -0.0410. The second-order valence-electron chi connectivity index (χ2n) is 7.52. The lowest BCUT2D eigenvalue weighted by Gasteiger charge is -2.19. The number of carbonyl (C=O) groups excluding carboxylic acids is 2. The lowest BCUT2D eigenvalue weighted by atomic mass is 9.98. The number of nitrogens with one attached hydrogen (secondary N) is 2. The minimum Gasteiger partial charge on any atom is -0.508 e. The van der Waals surface area contributed by atoms with Crippen molar-refractivity contribution >= 4 is 11.7 Å². The van der Waals surface area contributed by atoms with Crippen LogP contribution in [0.15, 0.2) is 42.5 Å². The molecule has 0 saturated heterocycles. The summed E-state index contributed by atoms with van der Waals surface area (Å²) in [5.41, 5.74) is 3.62. The van der Waals surface area contributed by atoms with E-state index in [4.69, 9.17) is 0 Å². The van der Waals surface area contributed by atoms with Crippen LogP contribution in [0.3, 0.4) is 0 Å². The molecular formula is C24H32N2O3. The molecule has 0 aromatic heterocycles. The van der Waals surface area contributed by atoms with E-state index in [1.165, 1.54) is 0 Å². The Hall–Kier alpha value is -2.66. The number of aromatic hydroxyl groups is 1. The summed E-state index contributed by atoms with van der Waals surface area (Å²) in [4.78, 5) is 25.6. The zero-order valence-electron chi connectivity index (χ0n) is 17.6. The maximum Gasteiger partial charge on any atom is 0.251 e. The van der Waals surface area contributed by atoms with E-state index in [9.17, 15) is 14.7 Å². The molecule has 0 aliphatic rings. The number of rotatable bonds is 11. The van der Waals surface area contributed by atoms with Crippen LogP contribution in [0.1, 0.15) is 53.2 Å². The van der Waals surface area contributed by atoms with Crippen molar-refractivity contribution in [3.8, 4) is 5.75 Å². The number of phenolic OH excluding ortho intramolecular Hbond substituents is 1. The molecule has 1 unspecified atom stereocenters. The Labute approximate surface area is 173 Å². The van der Waals surface area contributed by atoms with Gasteiger partial charge in [0.25, 0.3) is 5.91 Å². The molecule has 5 nitrogen and oxygen atoms in total. The molecule has 0 fully saturated rings. The molecule has 2 aromatic rings. The third-order valence-electron chi connectivity index (χ3n) is 5.04. The van der Waals surface area contributed by atoms with E-state index in [0.717, 1.165) is 42.6 Å². The van der Waals surface area contributed by atoms with Gasteiger partial charge >= 0.3 is 0 Å². The van der Waals surface area contributed by atoms with Gasteiger partial charge in [0.2, 0.25) is 0 Å². The maximum atomic E-state index is 12.8. The van der Waals surface area contributed by atoms with Crippen LogP contribution in [-0.4, -0.2) is 35.9 Å². The first kappa shape index (κ1) is 22.6. The highest BCUT2D eigenvalue weighted by molar-refractivity contribution is 5.98. The van der Waals surface area contributed by atoms with Crippen molar-refractivity contribution in [3.05, 3.63) is 64.7 Å². The summed E-state index contributed by atoms with van der Waals surface area (Å²) in [5, 5.41) is 15.7. The molecule has 1 atom stereocenters. The largest absolute Gasteiger partial charge is 0.508 e. The van der Waals surface area contributed by atoms with Gasteiger partial charge in [-0.15, -0.1) is 0 Å². The molecule has 2 rings (SSSR count). The normalized spacial score (nSPS) is 11.8. The van der Waals surface area contributed by atoms with E-state index in [2.05, 4.69) is 17.6 Å². The highest BCUT2D eigenvalue weighted by atomic mass is 16.3. The molecule has 0 aliphatic carbocycles. The van der Waals surface area contributed by atoms with E-state index in [0.29, 0.717) is 18.4 Å². The van der Waals surface area contributed by atoms with Crippen molar-refractivity contribution in [1.29, 1.82) is 0 Å². The van der Waals surface area contributed by atoms with Crippen LogP contribution in [0, 0.1) is 13.8 Å². The highest BCUT2D eigenvalue weighted by Gasteiger charge is 2.21. The van der Waals surface area contributed by atoms with Gasteiger partial charge in [0.1, 0.15) is 5.75 Å². The van der Waals surface area contributed by atoms with Crippen LogP contribution in [0.25, 0.3) is 0 Å². The first-order valence-electron chi connectivity index (χ1n) is 10.3. The Balaban J connectivity index is 2.07. The van der Waals surface area contributed by atoms with Crippen LogP contribution in [0.2, 0.25) is 0 Å². The second kappa shape index (κ2) is 11.4. The van der Waals surface area contributed by atoms with Gasteiger partial charge < -0.3 is 15.7 Å². The van der Waals surface area contributed by atoms with Crippen molar-refractivity contribution in [2.75, 3.05) is 13.1 Å².